The first-order valence-corrected chi connectivity index (χ1v) is 11.6. The minimum atomic E-state index is -1.46. The number of esters is 1. The van der Waals surface area contributed by atoms with Gasteiger partial charge in [0.25, 0.3) is 0 Å². The largest absolute Gasteiger partial charge is 0.488 e. The molecule has 0 amide bonds. The van der Waals surface area contributed by atoms with Crippen molar-refractivity contribution in [1.82, 2.24) is 0 Å². The van der Waals surface area contributed by atoms with Crippen LogP contribution in [0.3, 0.4) is 0 Å². The molecule has 0 radical (unpaired) electrons. The van der Waals surface area contributed by atoms with E-state index in [1.807, 2.05) is 30.3 Å². The molecule has 2 fully saturated rings. The number of aliphatic hydroxyl groups excluding tert-OH is 3. The summed E-state index contributed by atoms with van der Waals surface area (Å²) in [5, 5.41) is 31.7. The lowest BCUT2D eigenvalue weighted by Crippen LogP contribution is -2.55. The highest BCUT2D eigenvalue weighted by Gasteiger charge is 2.44. The predicted molar refractivity (Wildman–Crippen MR) is 123 cm³/mol. The second kappa shape index (κ2) is 11.0. The van der Waals surface area contributed by atoms with Crippen molar-refractivity contribution in [2.75, 3.05) is 19.8 Å². The number of carbonyl (C=O) groups is 1. The molecule has 2 aliphatic rings. The highest BCUT2D eigenvalue weighted by molar-refractivity contribution is 6.31. The fraction of sp³-hybridized carbons (Fsp3) is 0.480. The summed E-state index contributed by atoms with van der Waals surface area (Å²) in [6, 6.07) is 13.0. The van der Waals surface area contributed by atoms with Crippen LogP contribution < -0.4 is 4.74 Å². The van der Waals surface area contributed by atoms with Crippen molar-refractivity contribution in [3.63, 3.8) is 0 Å². The zero-order valence-electron chi connectivity index (χ0n) is 18.8. The number of halogens is 1. The smallest absolute Gasteiger partial charge is 0.302 e. The van der Waals surface area contributed by atoms with Gasteiger partial charge in [-0.1, -0.05) is 35.9 Å². The van der Waals surface area contributed by atoms with Gasteiger partial charge >= 0.3 is 5.97 Å². The van der Waals surface area contributed by atoms with Crippen molar-refractivity contribution in [2.24, 2.45) is 0 Å². The molecule has 6 atom stereocenters. The molecule has 0 bridgehead atoms. The Bertz CT molecular complexity index is 975. The van der Waals surface area contributed by atoms with E-state index in [9.17, 15) is 20.1 Å². The van der Waals surface area contributed by atoms with E-state index in [0.29, 0.717) is 23.6 Å². The number of carbonyl (C=O) groups excluding carboxylic acids is 1. The molecular weight excluding hydrogens is 464 g/mol. The van der Waals surface area contributed by atoms with Crippen LogP contribution in [0.5, 0.6) is 5.75 Å². The molecule has 0 unspecified atom stereocenters. The fourth-order valence-corrected chi connectivity index (χ4v) is 4.36. The quantitative estimate of drug-likeness (QED) is 0.504. The van der Waals surface area contributed by atoms with Crippen LogP contribution in [-0.2, 0) is 25.4 Å². The molecule has 0 saturated carbocycles. The predicted octanol–water partition coefficient (Wildman–Crippen LogP) is 2.18. The summed E-state index contributed by atoms with van der Waals surface area (Å²) in [6.45, 7) is 2.33. The van der Waals surface area contributed by atoms with Crippen LogP contribution >= 0.6 is 11.6 Å². The minimum Gasteiger partial charge on any atom is -0.488 e. The summed E-state index contributed by atoms with van der Waals surface area (Å²) in [6.07, 6.45) is -4.64. The second-order valence-electron chi connectivity index (χ2n) is 8.64. The van der Waals surface area contributed by atoms with Crippen LogP contribution in [0.1, 0.15) is 36.1 Å². The van der Waals surface area contributed by atoms with Gasteiger partial charge in [-0.3, -0.25) is 4.79 Å². The van der Waals surface area contributed by atoms with Crippen molar-refractivity contribution in [3.8, 4) is 5.75 Å². The zero-order valence-corrected chi connectivity index (χ0v) is 19.6. The standard InChI is InChI=1S/C25H29ClO8/c1-14(27)32-13-21-22(28)23(29)24(30)25(34-21)16-4-7-20(26)17(11-16)10-15-2-5-18(6-3-15)33-19-8-9-31-12-19/h2-7,11,19,21-25,28-30H,8-10,12-13H2,1H3/t19-,21-,22-,23+,24-,25+/m1/s1. The Balaban J connectivity index is 1.48. The van der Waals surface area contributed by atoms with Gasteiger partial charge in [0.15, 0.2) is 0 Å². The van der Waals surface area contributed by atoms with Gasteiger partial charge in [0.1, 0.15) is 49.0 Å². The minimum absolute atomic E-state index is 0.0810. The summed E-state index contributed by atoms with van der Waals surface area (Å²) in [5.74, 6) is 0.249. The number of benzene rings is 2. The maximum atomic E-state index is 11.2. The maximum Gasteiger partial charge on any atom is 0.302 e. The third kappa shape index (κ3) is 5.89. The third-order valence-electron chi connectivity index (χ3n) is 6.07. The third-order valence-corrected chi connectivity index (χ3v) is 6.44. The van der Waals surface area contributed by atoms with Crippen LogP contribution in [0.2, 0.25) is 5.02 Å². The average molecular weight is 493 g/mol. The Morgan fingerprint density at radius 1 is 1.09 bits per heavy atom. The van der Waals surface area contributed by atoms with Crippen molar-refractivity contribution in [3.05, 3.63) is 64.2 Å². The molecule has 2 aromatic rings. The van der Waals surface area contributed by atoms with Gasteiger partial charge in [0.2, 0.25) is 0 Å². The highest BCUT2D eigenvalue weighted by Crippen LogP contribution is 2.34. The first-order valence-electron chi connectivity index (χ1n) is 11.3. The zero-order chi connectivity index (χ0) is 24.2. The first-order chi connectivity index (χ1) is 16.3. The fourth-order valence-electron chi connectivity index (χ4n) is 4.17. The van der Waals surface area contributed by atoms with Crippen LogP contribution in [0, 0.1) is 0 Å². The first kappa shape index (κ1) is 24.9. The van der Waals surface area contributed by atoms with Crippen LogP contribution in [0.25, 0.3) is 0 Å². The molecule has 0 spiro atoms. The Hall–Kier alpha value is -2.20. The van der Waals surface area contributed by atoms with Gasteiger partial charge in [-0.2, -0.15) is 0 Å². The summed E-state index contributed by atoms with van der Waals surface area (Å²) in [7, 11) is 0. The van der Waals surface area contributed by atoms with E-state index in [4.69, 9.17) is 30.5 Å². The van der Waals surface area contributed by atoms with Gasteiger partial charge < -0.3 is 34.3 Å². The lowest BCUT2D eigenvalue weighted by atomic mass is 9.90. The summed E-state index contributed by atoms with van der Waals surface area (Å²) in [4.78, 5) is 11.2. The van der Waals surface area contributed by atoms with E-state index >= 15 is 0 Å². The van der Waals surface area contributed by atoms with Crippen molar-refractivity contribution >= 4 is 17.6 Å². The molecule has 8 nitrogen and oxygen atoms in total. The van der Waals surface area contributed by atoms with E-state index in [-0.39, 0.29) is 12.7 Å². The normalized spacial score (nSPS) is 29.1. The molecule has 4 rings (SSSR count). The molecular formula is C25H29ClO8. The number of hydrogen-bond acceptors (Lipinski definition) is 8. The summed E-state index contributed by atoms with van der Waals surface area (Å²) in [5.41, 5.74) is 2.42. The van der Waals surface area contributed by atoms with E-state index in [2.05, 4.69) is 0 Å². The SMILES string of the molecule is CC(=O)OC[C@H]1O[C@@H](c2ccc(Cl)c(Cc3ccc(O[C@@H]4CCOC4)cc3)c2)[C@H](O)[C@@H](O)[C@@H]1O. The average Bonchev–Trinajstić information content (AvgIpc) is 3.33. The van der Waals surface area contributed by atoms with Gasteiger partial charge in [0, 0.05) is 18.4 Å². The molecule has 184 valence electrons. The molecule has 3 N–H and O–H groups in total. The molecule has 0 aromatic heterocycles. The molecule has 2 aromatic carbocycles. The topological polar surface area (TPSA) is 115 Å². The monoisotopic (exact) mass is 492 g/mol. The second-order valence-corrected chi connectivity index (χ2v) is 9.05. The molecule has 0 aliphatic carbocycles. The number of rotatable bonds is 7. The summed E-state index contributed by atoms with van der Waals surface area (Å²) >= 11 is 6.44. The molecule has 2 aliphatic heterocycles. The van der Waals surface area contributed by atoms with Gasteiger partial charge in [0.05, 0.1) is 13.2 Å². The number of aliphatic hydroxyl groups is 3. The lowest BCUT2D eigenvalue weighted by molar-refractivity contribution is -0.234. The maximum absolute atomic E-state index is 11.2. The Morgan fingerprint density at radius 2 is 1.85 bits per heavy atom. The Kier molecular flexibility index (Phi) is 8.08. The molecule has 2 saturated heterocycles. The molecule has 2 heterocycles. The van der Waals surface area contributed by atoms with E-state index in [1.165, 1.54) is 6.92 Å². The molecule has 34 heavy (non-hydrogen) atoms. The van der Waals surface area contributed by atoms with E-state index in [1.54, 1.807) is 12.1 Å². The van der Waals surface area contributed by atoms with Gasteiger partial charge in [-0.05, 0) is 41.3 Å². The number of ether oxygens (including phenoxy) is 4. The van der Waals surface area contributed by atoms with Crippen molar-refractivity contribution < 1.29 is 39.1 Å². The Morgan fingerprint density at radius 3 is 2.53 bits per heavy atom. The summed E-state index contributed by atoms with van der Waals surface area (Å²) < 4.78 is 22.0. The highest BCUT2D eigenvalue weighted by atomic mass is 35.5. The van der Waals surface area contributed by atoms with Gasteiger partial charge in [-0.15, -0.1) is 0 Å². The van der Waals surface area contributed by atoms with Crippen LogP contribution in [0.4, 0.5) is 0 Å². The lowest BCUT2D eigenvalue weighted by Gasteiger charge is -2.40. The molecule has 9 heteroatoms. The van der Waals surface area contributed by atoms with E-state index in [0.717, 1.165) is 29.9 Å². The number of hydrogen-bond donors (Lipinski definition) is 3. The van der Waals surface area contributed by atoms with Crippen LogP contribution in [0.15, 0.2) is 42.5 Å². The van der Waals surface area contributed by atoms with E-state index < -0.39 is 36.5 Å². The van der Waals surface area contributed by atoms with Crippen LogP contribution in [-0.4, -0.2) is 71.6 Å². The Labute approximate surface area is 203 Å². The van der Waals surface area contributed by atoms with Gasteiger partial charge in [-0.25, -0.2) is 0 Å². The van der Waals surface area contributed by atoms with Crippen molar-refractivity contribution in [2.45, 2.75) is 56.4 Å². The van der Waals surface area contributed by atoms with Crippen molar-refractivity contribution in [1.29, 1.82) is 0 Å².